The molecule has 0 saturated carbocycles. The van der Waals surface area contributed by atoms with Gasteiger partial charge < -0.3 is 15.4 Å². The number of likely N-dealkylation sites (tertiary alicyclic amines) is 1. The molecular formula is C19H20F3N3O2. The van der Waals surface area contributed by atoms with Crippen molar-refractivity contribution in [1.82, 2.24) is 9.88 Å². The molecule has 1 aromatic heterocycles. The van der Waals surface area contributed by atoms with Crippen LogP contribution in [0, 0.1) is 5.92 Å². The molecule has 0 spiro atoms. The molecule has 2 N–H and O–H groups in total. The number of carbonyl (C=O) groups excluding carboxylic acids is 1. The van der Waals surface area contributed by atoms with Crippen LogP contribution in [-0.4, -0.2) is 35.4 Å². The molecule has 144 valence electrons. The number of carbonyl (C=O) groups is 1. The molecule has 0 aliphatic carbocycles. The van der Waals surface area contributed by atoms with Gasteiger partial charge in [-0.15, -0.1) is 0 Å². The number of ether oxygens (including phenoxy) is 1. The number of rotatable bonds is 4. The lowest BCUT2D eigenvalue weighted by molar-refractivity contribution is -0.137. The molecule has 8 heteroatoms. The van der Waals surface area contributed by atoms with Crippen molar-refractivity contribution in [2.24, 2.45) is 11.7 Å². The van der Waals surface area contributed by atoms with Crippen molar-refractivity contribution in [3.8, 4) is 11.6 Å². The van der Waals surface area contributed by atoms with Crippen LogP contribution in [0.1, 0.15) is 28.8 Å². The molecule has 27 heavy (non-hydrogen) atoms. The lowest BCUT2D eigenvalue weighted by Gasteiger charge is -2.31. The van der Waals surface area contributed by atoms with Crippen molar-refractivity contribution in [1.29, 1.82) is 0 Å². The highest BCUT2D eigenvalue weighted by Crippen LogP contribution is 2.30. The smallest absolute Gasteiger partial charge is 0.417 e. The standard InChI is InChI=1S/C19H20F3N3O2/c20-19(21,22)15-3-6-17(24-12-15)27-16-4-1-14(2-5-16)18(26)25-9-7-13(11-23)8-10-25/h1-6,12-13H,7-11,23H2. The van der Waals surface area contributed by atoms with Crippen molar-refractivity contribution in [2.45, 2.75) is 19.0 Å². The zero-order chi connectivity index (χ0) is 19.4. The molecule has 1 aromatic carbocycles. The van der Waals surface area contributed by atoms with Crippen LogP contribution in [0.25, 0.3) is 0 Å². The van der Waals surface area contributed by atoms with Gasteiger partial charge in [0.1, 0.15) is 5.75 Å². The van der Waals surface area contributed by atoms with Gasteiger partial charge in [0.25, 0.3) is 5.91 Å². The number of aromatic nitrogens is 1. The van der Waals surface area contributed by atoms with E-state index in [-0.39, 0.29) is 11.8 Å². The molecule has 0 atom stereocenters. The van der Waals surface area contributed by atoms with E-state index < -0.39 is 11.7 Å². The molecule has 1 fully saturated rings. The van der Waals surface area contributed by atoms with E-state index in [0.29, 0.717) is 36.9 Å². The van der Waals surface area contributed by atoms with E-state index in [1.807, 2.05) is 0 Å². The number of alkyl halides is 3. The van der Waals surface area contributed by atoms with Gasteiger partial charge in [-0.05, 0) is 55.6 Å². The van der Waals surface area contributed by atoms with Crippen LogP contribution in [0.2, 0.25) is 0 Å². The predicted octanol–water partition coefficient (Wildman–Crippen LogP) is 3.70. The maximum absolute atomic E-state index is 12.5. The zero-order valence-electron chi connectivity index (χ0n) is 14.6. The first-order valence-corrected chi connectivity index (χ1v) is 8.67. The second-order valence-corrected chi connectivity index (χ2v) is 6.48. The quantitative estimate of drug-likeness (QED) is 0.880. The highest BCUT2D eigenvalue weighted by molar-refractivity contribution is 5.94. The molecule has 1 aliphatic heterocycles. The van der Waals surface area contributed by atoms with Crippen LogP contribution < -0.4 is 10.5 Å². The Kier molecular flexibility index (Phi) is 5.65. The lowest BCUT2D eigenvalue weighted by Crippen LogP contribution is -2.40. The number of benzene rings is 1. The normalized spacial score (nSPS) is 15.6. The molecule has 1 saturated heterocycles. The van der Waals surface area contributed by atoms with Crippen molar-refractivity contribution in [3.05, 3.63) is 53.7 Å². The summed E-state index contributed by atoms with van der Waals surface area (Å²) >= 11 is 0. The number of hydrogen-bond donors (Lipinski definition) is 1. The van der Waals surface area contributed by atoms with Crippen LogP contribution in [0.4, 0.5) is 13.2 Å². The van der Waals surface area contributed by atoms with Gasteiger partial charge in [-0.25, -0.2) is 4.98 Å². The predicted molar refractivity (Wildman–Crippen MR) is 93.4 cm³/mol. The summed E-state index contributed by atoms with van der Waals surface area (Å²) in [4.78, 5) is 18.0. The van der Waals surface area contributed by atoms with Gasteiger partial charge in [0.15, 0.2) is 0 Å². The third kappa shape index (κ3) is 4.77. The number of amides is 1. The molecule has 3 rings (SSSR count). The van der Waals surface area contributed by atoms with Gasteiger partial charge in [0.2, 0.25) is 5.88 Å². The second-order valence-electron chi connectivity index (χ2n) is 6.48. The summed E-state index contributed by atoms with van der Waals surface area (Å²) < 4.78 is 43.1. The Morgan fingerprint density at radius 3 is 2.33 bits per heavy atom. The number of nitrogens with zero attached hydrogens (tertiary/aromatic N) is 2. The van der Waals surface area contributed by atoms with Crippen LogP contribution in [0.3, 0.4) is 0 Å². The van der Waals surface area contributed by atoms with Crippen molar-refractivity contribution in [2.75, 3.05) is 19.6 Å². The Labute approximate surface area is 154 Å². The molecule has 0 radical (unpaired) electrons. The summed E-state index contributed by atoms with van der Waals surface area (Å²) in [6.45, 7) is 2.02. The highest BCUT2D eigenvalue weighted by Gasteiger charge is 2.30. The molecule has 0 unspecified atom stereocenters. The molecule has 1 amide bonds. The summed E-state index contributed by atoms with van der Waals surface area (Å²) in [6, 6.07) is 8.53. The average molecular weight is 379 g/mol. The minimum Gasteiger partial charge on any atom is -0.439 e. The van der Waals surface area contributed by atoms with Gasteiger partial charge in [0, 0.05) is 30.9 Å². The van der Waals surface area contributed by atoms with Crippen molar-refractivity contribution < 1.29 is 22.7 Å². The molecule has 2 heterocycles. The van der Waals surface area contributed by atoms with Gasteiger partial charge >= 0.3 is 6.18 Å². The van der Waals surface area contributed by atoms with Gasteiger partial charge in [-0.3, -0.25) is 4.79 Å². The average Bonchev–Trinajstić information content (AvgIpc) is 2.68. The van der Waals surface area contributed by atoms with E-state index in [1.54, 1.807) is 29.2 Å². The van der Waals surface area contributed by atoms with E-state index in [9.17, 15) is 18.0 Å². The number of nitrogens with two attached hydrogens (primary N) is 1. The summed E-state index contributed by atoms with van der Waals surface area (Å²) in [7, 11) is 0. The molecule has 0 bridgehead atoms. The topological polar surface area (TPSA) is 68.5 Å². The SMILES string of the molecule is NCC1CCN(C(=O)c2ccc(Oc3ccc(C(F)(F)F)cn3)cc2)CC1. The van der Waals surface area contributed by atoms with Crippen LogP contribution >= 0.6 is 0 Å². The molecule has 5 nitrogen and oxygen atoms in total. The molecule has 2 aromatic rings. The van der Waals surface area contributed by atoms with E-state index in [0.717, 1.165) is 31.2 Å². The van der Waals surface area contributed by atoms with Crippen LogP contribution in [0.15, 0.2) is 42.6 Å². The number of piperidine rings is 1. The van der Waals surface area contributed by atoms with E-state index in [4.69, 9.17) is 10.5 Å². The number of hydrogen-bond acceptors (Lipinski definition) is 4. The van der Waals surface area contributed by atoms with Gasteiger partial charge in [-0.1, -0.05) is 0 Å². The minimum atomic E-state index is -4.44. The Balaban J connectivity index is 1.61. The third-order valence-electron chi connectivity index (χ3n) is 4.62. The fourth-order valence-corrected chi connectivity index (χ4v) is 2.95. The van der Waals surface area contributed by atoms with Gasteiger partial charge in [0.05, 0.1) is 5.56 Å². The van der Waals surface area contributed by atoms with Gasteiger partial charge in [-0.2, -0.15) is 13.2 Å². The fraction of sp³-hybridized carbons (Fsp3) is 0.368. The largest absolute Gasteiger partial charge is 0.439 e. The minimum absolute atomic E-state index is 0.0472. The van der Waals surface area contributed by atoms with E-state index in [1.165, 1.54) is 0 Å². The maximum atomic E-state index is 12.5. The first kappa shape index (κ1) is 19.2. The monoisotopic (exact) mass is 379 g/mol. The first-order chi connectivity index (χ1) is 12.9. The number of halogens is 3. The molecule has 1 aliphatic rings. The summed E-state index contributed by atoms with van der Waals surface area (Å²) in [6.07, 6.45) is -1.91. The fourth-order valence-electron chi connectivity index (χ4n) is 2.95. The van der Waals surface area contributed by atoms with Crippen molar-refractivity contribution in [3.63, 3.8) is 0 Å². The molecular weight excluding hydrogens is 359 g/mol. The third-order valence-corrected chi connectivity index (χ3v) is 4.62. The van der Waals surface area contributed by atoms with E-state index >= 15 is 0 Å². The zero-order valence-corrected chi connectivity index (χ0v) is 14.6. The Hall–Kier alpha value is -2.61. The highest BCUT2D eigenvalue weighted by atomic mass is 19.4. The van der Waals surface area contributed by atoms with Crippen molar-refractivity contribution >= 4 is 5.91 Å². The maximum Gasteiger partial charge on any atom is 0.417 e. The Morgan fingerprint density at radius 2 is 1.81 bits per heavy atom. The Bertz CT molecular complexity index is 768. The first-order valence-electron chi connectivity index (χ1n) is 8.67. The second kappa shape index (κ2) is 7.96. The summed E-state index contributed by atoms with van der Waals surface area (Å²) in [5, 5.41) is 0. The summed E-state index contributed by atoms with van der Waals surface area (Å²) in [5.41, 5.74) is 5.36. The van der Waals surface area contributed by atoms with Crippen LogP contribution in [-0.2, 0) is 6.18 Å². The summed E-state index contributed by atoms with van der Waals surface area (Å²) in [5.74, 6) is 0.859. The lowest BCUT2D eigenvalue weighted by atomic mass is 9.96. The van der Waals surface area contributed by atoms with E-state index in [2.05, 4.69) is 4.98 Å². The van der Waals surface area contributed by atoms with Crippen LogP contribution in [0.5, 0.6) is 11.6 Å². The number of pyridine rings is 1. The Morgan fingerprint density at radius 1 is 1.15 bits per heavy atom.